The van der Waals surface area contributed by atoms with Crippen molar-refractivity contribution in [1.82, 2.24) is 0 Å². The molecule has 3 nitrogen and oxygen atoms in total. The Kier molecular flexibility index (Phi) is 5.21. The molecular formula is C12H18ClO3P. The maximum atomic E-state index is 12.7. The van der Waals surface area contributed by atoms with E-state index in [1.165, 1.54) is 0 Å². The van der Waals surface area contributed by atoms with Crippen molar-refractivity contribution in [1.29, 1.82) is 0 Å². The third kappa shape index (κ3) is 4.11. The summed E-state index contributed by atoms with van der Waals surface area (Å²) in [5, 5.41) is 0.821. The summed E-state index contributed by atoms with van der Waals surface area (Å²) < 4.78 is 23.7. The predicted octanol–water partition coefficient (Wildman–Crippen LogP) is 4.01. The largest absolute Gasteiger partial charge is 0.363 e. The van der Waals surface area contributed by atoms with Crippen LogP contribution < -0.4 is 5.30 Å². The lowest BCUT2D eigenvalue weighted by Gasteiger charge is -2.23. The van der Waals surface area contributed by atoms with Gasteiger partial charge in [0.2, 0.25) is 0 Å². The molecule has 0 unspecified atom stereocenters. The standard InChI is InChI=1S/C12H18ClO3P/c1-9(2)15-17(14,16-10(3)4)12-8-6-5-7-11(12)13/h5-10H,1-4H3. The lowest BCUT2D eigenvalue weighted by atomic mass is 10.4. The Morgan fingerprint density at radius 2 is 1.53 bits per heavy atom. The number of hydrogen-bond acceptors (Lipinski definition) is 3. The highest BCUT2D eigenvalue weighted by atomic mass is 35.5. The molecule has 0 aromatic heterocycles. The van der Waals surface area contributed by atoms with Crippen molar-refractivity contribution < 1.29 is 13.6 Å². The summed E-state index contributed by atoms with van der Waals surface area (Å²) in [4.78, 5) is 0. The van der Waals surface area contributed by atoms with Crippen molar-refractivity contribution in [3.8, 4) is 0 Å². The second-order valence-corrected chi connectivity index (χ2v) is 6.56. The van der Waals surface area contributed by atoms with Crippen molar-refractivity contribution >= 4 is 24.5 Å². The fraction of sp³-hybridized carbons (Fsp3) is 0.500. The first-order chi connectivity index (χ1) is 7.85. The fourth-order valence-electron chi connectivity index (χ4n) is 1.37. The van der Waals surface area contributed by atoms with Crippen LogP contribution in [0.4, 0.5) is 0 Å². The first kappa shape index (κ1) is 14.7. The molecule has 0 N–H and O–H groups in total. The van der Waals surface area contributed by atoms with Gasteiger partial charge in [-0.2, -0.15) is 0 Å². The molecule has 0 aliphatic heterocycles. The van der Waals surface area contributed by atoms with Gasteiger partial charge >= 0.3 is 7.60 Å². The molecule has 1 rings (SSSR count). The molecule has 96 valence electrons. The molecule has 5 heteroatoms. The van der Waals surface area contributed by atoms with Gasteiger partial charge in [0, 0.05) is 0 Å². The summed E-state index contributed by atoms with van der Waals surface area (Å²) in [6.07, 6.45) is -0.397. The van der Waals surface area contributed by atoms with Gasteiger partial charge in [0.05, 0.1) is 22.5 Å². The molecule has 0 aliphatic carbocycles. The normalized spacial score (nSPS) is 12.4. The first-order valence-electron chi connectivity index (χ1n) is 5.57. The Labute approximate surface area is 108 Å². The SMILES string of the molecule is CC(C)OP(=O)(OC(C)C)c1ccccc1Cl. The van der Waals surface area contributed by atoms with E-state index in [1.54, 1.807) is 24.3 Å². The van der Waals surface area contributed by atoms with E-state index in [0.29, 0.717) is 10.3 Å². The minimum Gasteiger partial charge on any atom is -0.302 e. The molecule has 0 heterocycles. The van der Waals surface area contributed by atoms with Gasteiger partial charge in [0.1, 0.15) is 0 Å². The summed E-state index contributed by atoms with van der Waals surface area (Å²) in [6.45, 7) is 7.25. The van der Waals surface area contributed by atoms with E-state index in [1.807, 2.05) is 27.7 Å². The van der Waals surface area contributed by atoms with Crippen LogP contribution in [0.3, 0.4) is 0 Å². The minimum atomic E-state index is -3.35. The highest BCUT2D eigenvalue weighted by molar-refractivity contribution is 7.62. The van der Waals surface area contributed by atoms with E-state index < -0.39 is 7.60 Å². The summed E-state index contributed by atoms with van der Waals surface area (Å²) >= 11 is 6.04. The van der Waals surface area contributed by atoms with Gasteiger partial charge in [-0.1, -0.05) is 23.7 Å². The van der Waals surface area contributed by atoms with Crippen molar-refractivity contribution in [2.24, 2.45) is 0 Å². The zero-order valence-electron chi connectivity index (χ0n) is 10.5. The summed E-state index contributed by atoms with van der Waals surface area (Å²) in [7, 11) is -3.35. The molecule has 0 atom stereocenters. The van der Waals surface area contributed by atoms with Crippen molar-refractivity contribution in [3.05, 3.63) is 29.3 Å². The maximum absolute atomic E-state index is 12.7. The zero-order valence-corrected chi connectivity index (χ0v) is 12.2. The highest BCUT2D eigenvalue weighted by Gasteiger charge is 2.32. The molecule has 0 aliphatic rings. The smallest absolute Gasteiger partial charge is 0.302 e. The number of hydrogen-bond donors (Lipinski definition) is 0. The van der Waals surface area contributed by atoms with Gasteiger partial charge in [-0.25, -0.2) is 0 Å². The summed E-state index contributed by atoms with van der Waals surface area (Å²) in [6, 6.07) is 6.90. The van der Waals surface area contributed by atoms with E-state index in [4.69, 9.17) is 20.6 Å². The van der Waals surface area contributed by atoms with E-state index in [2.05, 4.69) is 0 Å². The Bertz CT molecular complexity index is 404. The molecule has 0 fully saturated rings. The summed E-state index contributed by atoms with van der Waals surface area (Å²) in [5.41, 5.74) is 0. The van der Waals surface area contributed by atoms with Crippen LogP contribution >= 0.6 is 19.2 Å². The zero-order chi connectivity index (χ0) is 13.1. The maximum Gasteiger partial charge on any atom is 0.363 e. The minimum absolute atomic E-state index is 0.198. The molecule has 0 amide bonds. The van der Waals surface area contributed by atoms with Gasteiger partial charge in [0.15, 0.2) is 0 Å². The van der Waals surface area contributed by atoms with Crippen LogP contribution in [-0.4, -0.2) is 12.2 Å². The predicted molar refractivity (Wildman–Crippen MR) is 71.1 cm³/mol. The second kappa shape index (κ2) is 6.01. The topological polar surface area (TPSA) is 35.5 Å². The number of benzene rings is 1. The molecule has 17 heavy (non-hydrogen) atoms. The number of rotatable bonds is 5. The van der Waals surface area contributed by atoms with Crippen LogP contribution in [0.25, 0.3) is 0 Å². The van der Waals surface area contributed by atoms with Crippen molar-refractivity contribution in [2.75, 3.05) is 0 Å². The third-order valence-electron chi connectivity index (χ3n) is 1.85. The Morgan fingerprint density at radius 1 is 1.06 bits per heavy atom. The van der Waals surface area contributed by atoms with Gasteiger partial charge in [0.25, 0.3) is 0 Å². The van der Waals surface area contributed by atoms with Gasteiger partial charge in [-0.3, -0.25) is 4.57 Å². The van der Waals surface area contributed by atoms with E-state index in [0.717, 1.165) is 0 Å². The molecule has 0 spiro atoms. The van der Waals surface area contributed by atoms with Crippen LogP contribution in [0.15, 0.2) is 24.3 Å². The van der Waals surface area contributed by atoms with E-state index in [9.17, 15) is 4.57 Å². The third-order valence-corrected chi connectivity index (χ3v) is 4.69. The van der Waals surface area contributed by atoms with Crippen LogP contribution in [-0.2, 0) is 13.6 Å². The highest BCUT2D eigenvalue weighted by Crippen LogP contribution is 2.50. The molecule has 0 saturated carbocycles. The fourth-order valence-corrected chi connectivity index (χ4v) is 3.81. The molecule has 0 radical (unpaired) electrons. The lowest BCUT2D eigenvalue weighted by Crippen LogP contribution is -2.17. The van der Waals surface area contributed by atoms with E-state index in [-0.39, 0.29) is 12.2 Å². The molecular weight excluding hydrogens is 259 g/mol. The van der Waals surface area contributed by atoms with E-state index >= 15 is 0 Å². The van der Waals surface area contributed by atoms with Crippen molar-refractivity contribution in [2.45, 2.75) is 39.9 Å². The molecule has 1 aromatic rings. The Morgan fingerprint density at radius 3 is 1.94 bits per heavy atom. The average Bonchev–Trinajstić information content (AvgIpc) is 2.15. The second-order valence-electron chi connectivity index (χ2n) is 4.26. The molecule has 0 saturated heterocycles. The number of halogens is 1. The lowest BCUT2D eigenvalue weighted by molar-refractivity contribution is 0.150. The van der Waals surface area contributed by atoms with Gasteiger partial charge in [-0.05, 0) is 39.8 Å². The van der Waals surface area contributed by atoms with Gasteiger partial charge in [-0.15, -0.1) is 0 Å². The van der Waals surface area contributed by atoms with Crippen LogP contribution in [0.1, 0.15) is 27.7 Å². The van der Waals surface area contributed by atoms with Crippen LogP contribution in [0.2, 0.25) is 5.02 Å². The molecule has 0 bridgehead atoms. The first-order valence-corrected chi connectivity index (χ1v) is 7.49. The Balaban J connectivity index is 3.15. The van der Waals surface area contributed by atoms with Crippen LogP contribution in [0, 0.1) is 0 Å². The average molecular weight is 277 g/mol. The quantitative estimate of drug-likeness (QED) is 0.762. The van der Waals surface area contributed by atoms with Crippen LogP contribution in [0.5, 0.6) is 0 Å². The van der Waals surface area contributed by atoms with Crippen molar-refractivity contribution in [3.63, 3.8) is 0 Å². The van der Waals surface area contributed by atoms with Gasteiger partial charge < -0.3 is 9.05 Å². The monoisotopic (exact) mass is 276 g/mol. The molecule has 1 aromatic carbocycles. The summed E-state index contributed by atoms with van der Waals surface area (Å²) in [5.74, 6) is 0. The Hall–Kier alpha value is -0.340.